The summed E-state index contributed by atoms with van der Waals surface area (Å²) >= 11 is 0. The highest BCUT2D eigenvalue weighted by molar-refractivity contribution is 6.05. The van der Waals surface area contributed by atoms with E-state index in [4.69, 9.17) is 10.5 Å². The molecule has 0 radical (unpaired) electrons. The molecule has 4 rings (SSSR count). The van der Waals surface area contributed by atoms with E-state index in [2.05, 4.69) is 20.6 Å². The number of anilines is 4. The van der Waals surface area contributed by atoms with Crippen molar-refractivity contribution in [2.24, 2.45) is 0 Å². The van der Waals surface area contributed by atoms with Gasteiger partial charge in [0, 0.05) is 36.8 Å². The van der Waals surface area contributed by atoms with Crippen LogP contribution in [0.5, 0.6) is 0 Å². The molecule has 12 heteroatoms. The molecular weight excluding hydrogens is 406 g/mol. The number of hydrogen-bond acceptors (Lipinski definition) is 9. The average Bonchev–Trinajstić information content (AvgIpc) is 2.74. The summed E-state index contributed by atoms with van der Waals surface area (Å²) < 4.78 is 5.32. The number of aryl methyl sites for hydroxylation is 1. The van der Waals surface area contributed by atoms with Gasteiger partial charge in [0.25, 0.3) is 5.69 Å². The first-order chi connectivity index (χ1) is 14.8. The van der Waals surface area contributed by atoms with Crippen molar-refractivity contribution in [2.45, 2.75) is 19.3 Å². The number of ether oxygens (including phenoxy) is 1. The maximum atomic E-state index is 13.0. The number of benzene rings is 1. The Bertz CT molecular complexity index is 1070. The van der Waals surface area contributed by atoms with Gasteiger partial charge < -0.3 is 26.0 Å². The molecule has 31 heavy (non-hydrogen) atoms. The Morgan fingerprint density at radius 1 is 1.35 bits per heavy atom. The topological polar surface area (TPSA) is 166 Å². The largest absolute Gasteiger partial charge is 0.383 e. The second kappa shape index (κ2) is 8.14. The number of carbonyl (C=O) groups is 2. The van der Waals surface area contributed by atoms with Gasteiger partial charge in [-0.1, -0.05) is 6.07 Å². The quantitative estimate of drug-likeness (QED) is 0.479. The lowest BCUT2D eigenvalue weighted by molar-refractivity contribution is -0.385. The van der Waals surface area contributed by atoms with Crippen LogP contribution in [-0.4, -0.2) is 53.0 Å². The lowest BCUT2D eigenvalue weighted by atomic mass is 9.91. The standard InChI is InChI=1S/C19H21N7O5/c1-10-2-3-11(8-13(10)26(29)30)21-18(28)12-9-14(27)22-17-15(12)16(20)23-19(24-17)25-4-6-31-7-5-25/h2-3,8,12H,4-7,9H2,1H3,(H,21,28)(H3,20,22,23,24,27)/t12-/m0/s1. The Labute approximate surface area is 176 Å². The van der Waals surface area contributed by atoms with Crippen LogP contribution in [0, 0.1) is 17.0 Å². The lowest BCUT2D eigenvalue weighted by Crippen LogP contribution is -2.38. The third kappa shape index (κ3) is 4.10. The molecule has 1 saturated heterocycles. The first-order valence-corrected chi connectivity index (χ1v) is 9.69. The van der Waals surface area contributed by atoms with Crippen LogP contribution in [-0.2, 0) is 14.3 Å². The number of aromatic nitrogens is 2. The van der Waals surface area contributed by atoms with Gasteiger partial charge in [0.2, 0.25) is 17.8 Å². The Hall–Kier alpha value is -3.80. The second-order valence-corrected chi connectivity index (χ2v) is 7.32. The minimum atomic E-state index is -0.928. The molecular formula is C19H21N7O5. The van der Waals surface area contributed by atoms with Crippen LogP contribution in [0.2, 0.25) is 0 Å². The number of nitrogen functional groups attached to an aromatic ring is 1. The van der Waals surface area contributed by atoms with E-state index in [1.54, 1.807) is 19.1 Å². The van der Waals surface area contributed by atoms with E-state index >= 15 is 0 Å². The third-order valence-corrected chi connectivity index (χ3v) is 5.24. The van der Waals surface area contributed by atoms with E-state index in [0.29, 0.717) is 43.4 Å². The smallest absolute Gasteiger partial charge is 0.274 e. The summed E-state index contributed by atoms with van der Waals surface area (Å²) in [5, 5.41) is 16.5. The Kier molecular flexibility index (Phi) is 5.38. The minimum Gasteiger partial charge on any atom is -0.383 e. The first-order valence-electron chi connectivity index (χ1n) is 9.69. The fourth-order valence-corrected chi connectivity index (χ4v) is 3.63. The molecule has 1 fully saturated rings. The van der Waals surface area contributed by atoms with Crippen LogP contribution < -0.4 is 21.3 Å². The van der Waals surface area contributed by atoms with Crippen LogP contribution in [0.1, 0.15) is 23.5 Å². The molecule has 2 aliphatic rings. The Balaban J connectivity index is 1.63. The zero-order valence-electron chi connectivity index (χ0n) is 16.8. The van der Waals surface area contributed by atoms with Crippen molar-refractivity contribution in [3.05, 3.63) is 39.4 Å². The fraction of sp³-hybridized carbons (Fsp3) is 0.368. The van der Waals surface area contributed by atoms with Crippen molar-refractivity contribution in [3.63, 3.8) is 0 Å². The van der Waals surface area contributed by atoms with E-state index in [-0.39, 0.29) is 35.3 Å². The number of nitro groups is 1. The molecule has 1 atom stereocenters. The summed E-state index contributed by atoms with van der Waals surface area (Å²) in [5.41, 5.74) is 7.11. The highest BCUT2D eigenvalue weighted by atomic mass is 16.6. The molecule has 0 saturated carbocycles. The predicted molar refractivity (Wildman–Crippen MR) is 112 cm³/mol. The van der Waals surface area contributed by atoms with Crippen LogP contribution in [0.4, 0.5) is 29.0 Å². The monoisotopic (exact) mass is 427 g/mol. The molecule has 1 aromatic carbocycles. The van der Waals surface area contributed by atoms with Crippen molar-refractivity contribution in [2.75, 3.05) is 47.6 Å². The van der Waals surface area contributed by atoms with Gasteiger partial charge in [-0.25, -0.2) is 0 Å². The van der Waals surface area contributed by atoms with E-state index in [1.807, 2.05) is 4.90 Å². The lowest BCUT2D eigenvalue weighted by Gasteiger charge is -2.30. The zero-order chi connectivity index (χ0) is 22.1. The van der Waals surface area contributed by atoms with E-state index in [0.717, 1.165) is 0 Å². The number of amides is 2. The van der Waals surface area contributed by atoms with Crippen LogP contribution in [0.25, 0.3) is 0 Å². The number of nitrogens with one attached hydrogen (secondary N) is 2. The normalized spacial score (nSPS) is 18.2. The molecule has 0 spiro atoms. The van der Waals surface area contributed by atoms with Gasteiger partial charge in [-0.3, -0.25) is 19.7 Å². The van der Waals surface area contributed by atoms with Gasteiger partial charge in [-0.05, 0) is 13.0 Å². The van der Waals surface area contributed by atoms with Crippen LogP contribution in [0.15, 0.2) is 18.2 Å². The maximum Gasteiger partial charge on any atom is 0.274 e. The van der Waals surface area contributed by atoms with Crippen molar-refractivity contribution < 1.29 is 19.2 Å². The summed E-state index contributed by atoms with van der Waals surface area (Å²) in [4.78, 5) is 46.5. The van der Waals surface area contributed by atoms with Gasteiger partial charge in [0.05, 0.1) is 29.6 Å². The van der Waals surface area contributed by atoms with Crippen molar-refractivity contribution in [1.82, 2.24) is 9.97 Å². The van der Waals surface area contributed by atoms with Gasteiger partial charge in [-0.15, -0.1) is 0 Å². The van der Waals surface area contributed by atoms with Gasteiger partial charge in [0.1, 0.15) is 11.6 Å². The molecule has 2 aliphatic heterocycles. The Morgan fingerprint density at radius 2 is 2.10 bits per heavy atom. The van der Waals surface area contributed by atoms with Crippen LogP contribution in [0.3, 0.4) is 0 Å². The Morgan fingerprint density at radius 3 is 2.81 bits per heavy atom. The number of morpholine rings is 1. The second-order valence-electron chi connectivity index (χ2n) is 7.32. The molecule has 12 nitrogen and oxygen atoms in total. The number of hydrogen-bond donors (Lipinski definition) is 3. The number of nitro benzene ring substituents is 1. The molecule has 2 aromatic rings. The highest BCUT2D eigenvalue weighted by Gasteiger charge is 2.35. The summed E-state index contributed by atoms with van der Waals surface area (Å²) in [6.07, 6.45) is -0.142. The molecule has 1 aromatic heterocycles. The molecule has 4 N–H and O–H groups in total. The van der Waals surface area contributed by atoms with Crippen LogP contribution >= 0.6 is 0 Å². The van der Waals surface area contributed by atoms with Gasteiger partial charge >= 0.3 is 0 Å². The number of carbonyl (C=O) groups excluding carboxylic acids is 2. The number of fused-ring (bicyclic) bond motifs is 1. The number of rotatable bonds is 4. The molecule has 2 amide bonds. The first kappa shape index (κ1) is 20.5. The fourth-order valence-electron chi connectivity index (χ4n) is 3.63. The zero-order valence-corrected chi connectivity index (χ0v) is 16.8. The van der Waals surface area contributed by atoms with Crippen molar-refractivity contribution >= 4 is 40.8 Å². The molecule has 3 heterocycles. The van der Waals surface area contributed by atoms with Gasteiger partial charge in [0.15, 0.2) is 0 Å². The van der Waals surface area contributed by atoms with Gasteiger partial charge in [-0.2, -0.15) is 9.97 Å². The van der Waals surface area contributed by atoms with E-state index in [1.165, 1.54) is 6.07 Å². The van der Waals surface area contributed by atoms with E-state index in [9.17, 15) is 19.7 Å². The summed E-state index contributed by atoms with van der Waals surface area (Å²) in [6, 6.07) is 4.38. The summed E-state index contributed by atoms with van der Waals surface area (Å²) in [5.74, 6) is -1.18. The van der Waals surface area contributed by atoms with Crippen molar-refractivity contribution in [1.29, 1.82) is 0 Å². The predicted octanol–water partition coefficient (Wildman–Crippen LogP) is 1.18. The molecule has 162 valence electrons. The molecule has 0 bridgehead atoms. The number of nitrogens with two attached hydrogens (primary N) is 1. The summed E-state index contributed by atoms with van der Waals surface area (Å²) in [7, 11) is 0. The third-order valence-electron chi connectivity index (χ3n) is 5.24. The molecule has 0 aliphatic carbocycles. The van der Waals surface area contributed by atoms with Crippen molar-refractivity contribution in [3.8, 4) is 0 Å². The SMILES string of the molecule is Cc1ccc(NC(=O)[C@H]2CC(=O)Nc3nc(N4CCOCC4)nc(N)c32)cc1[N+](=O)[O-]. The highest BCUT2D eigenvalue weighted by Crippen LogP contribution is 2.37. The minimum absolute atomic E-state index is 0.0986. The maximum absolute atomic E-state index is 13.0. The summed E-state index contributed by atoms with van der Waals surface area (Å²) in [6.45, 7) is 3.83. The molecule has 0 unspecified atom stereocenters. The number of nitrogens with zero attached hydrogens (tertiary/aromatic N) is 4. The van der Waals surface area contributed by atoms with E-state index < -0.39 is 16.7 Å². The average molecular weight is 427 g/mol.